The summed E-state index contributed by atoms with van der Waals surface area (Å²) < 4.78 is 25.5. The summed E-state index contributed by atoms with van der Waals surface area (Å²) in [7, 11) is -3.70. The van der Waals surface area contributed by atoms with Gasteiger partial charge in [0.05, 0.1) is 22.0 Å². The lowest BCUT2D eigenvalue weighted by atomic mass is 10.1. The van der Waals surface area contributed by atoms with Crippen LogP contribution in [0, 0.1) is 0 Å². The molecule has 1 atom stereocenters. The highest BCUT2D eigenvalue weighted by Gasteiger charge is 2.29. The molecule has 0 aromatic heterocycles. The summed E-state index contributed by atoms with van der Waals surface area (Å²) in [6.07, 6.45) is 1.70. The van der Waals surface area contributed by atoms with E-state index in [0.717, 1.165) is 16.1 Å². The van der Waals surface area contributed by atoms with Crippen molar-refractivity contribution in [2.45, 2.75) is 19.4 Å². The number of hydrogen-bond acceptors (Lipinski definition) is 3. The predicted octanol–water partition coefficient (Wildman–Crippen LogP) is 3.51. The quantitative estimate of drug-likeness (QED) is 0.753. The fraction of sp³-hybridized carbons (Fsp3) is 0.278. The first-order valence-corrected chi connectivity index (χ1v) is 10.6. The number of carbonyl (C=O) groups is 1. The van der Waals surface area contributed by atoms with Crippen LogP contribution in [0.2, 0.25) is 10.0 Å². The summed E-state index contributed by atoms with van der Waals surface area (Å²) in [4.78, 5) is 12.5. The van der Waals surface area contributed by atoms with Crippen molar-refractivity contribution in [1.29, 1.82) is 0 Å². The minimum absolute atomic E-state index is 0.217. The van der Waals surface area contributed by atoms with Gasteiger partial charge in [-0.1, -0.05) is 53.5 Å². The number of benzene rings is 2. The number of amides is 1. The van der Waals surface area contributed by atoms with E-state index < -0.39 is 22.0 Å². The van der Waals surface area contributed by atoms with E-state index in [4.69, 9.17) is 23.2 Å². The van der Waals surface area contributed by atoms with Gasteiger partial charge in [0.1, 0.15) is 6.04 Å². The molecule has 140 valence electrons. The molecular formula is C18H20Cl2N2O3S. The molecule has 0 unspecified atom stereocenters. The average molecular weight is 415 g/mol. The van der Waals surface area contributed by atoms with Crippen LogP contribution in [0.25, 0.3) is 0 Å². The number of rotatable bonds is 7. The first-order valence-electron chi connectivity index (χ1n) is 7.96. The lowest BCUT2D eigenvalue weighted by Gasteiger charge is -2.28. The van der Waals surface area contributed by atoms with Gasteiger partial charge < -0.3 is 5.32 Å². The third-order valence-corrected chi connectivity index (χ3v) is 5.78. The van der Waals surface area contributed by atoms with E-state index in [1.54, 1.807) is 0 Å². The Morgan fingerprint density at radius 3 is 2.35 bits per heavy atom. The molecule has 1 amide bonds. The molecule has 0 heterocycles. The first-order chi connectivity index (χ1) is 12.2. The lowest BCUT2D eigenvalue weighted by molar-refractivity contribution is -0.121. The third kappa shape index (κ3) is 5.37. The summed E-state index contributed by atoms with van der Waals surface area (Å²) in [5, 5.41) is 3.30. The molecule has 1 N–H and O–H groups in total. The van der Waals surface area contributed by atoms with E-state index in [1.165, 1.54) is 25.1 Å². The van der Waals surface area contributed by atoms with E-state index in [1.807, 2.05) is 30.3 Å². The SMILES string of the molecule is C[C@H](C(=O)NCCc1ccccc1)N(c1ccc(Cl)c(Cl)c1)S(C)(=O)=O. The minimum Gasteiger partial charge on any atom is -0.354 e. The molecule has 2 aromatic rings. The van der Waals surface area contributed by atoms with Crippen LogP contribution >= 0.6 is 23.2 Å². The second kappa shape index (κ2) is 8.75. The molecule has 5 nitrogen and oxygen atoms in total. The molecule has 0 aliphatic heterocycles. The van der Waals surface area contributed by atoms with Gasteiger partial charge in [0, 0.05) is 6.54 Å². The number of nitrogens with one attached hydrogen (secondary N) is 1. The van der Waals surface area contributed by atoms with Crippen LogP contribution in [0.3, 0.4) is 0 Å². The van der Waals surface area contributed by atoms with Crippen molar-refractivity contribution in [3.63, 3.8) is 0 Å². The zero-order chi connectivity index (χ0) is 19.3. The van der Waals surface area contributed by atoms with Crippen molar-refractivity contribution in [3.05, 3.63) is 64.1 Å². The zero-order valence-electron chi connectivity index (χ0n) is 14.4. The van der Waals surface area contributed by atoms with Crippen LogP contribution in [-0.2, 0) is 21.2 Å². The number of hydrogen-bond donors (Lipinski definition) is 1. The van der Waals surface area contributed by atoms with Crippen molar-refractivity contribution >= 4 is 44.8 Å². The Bertz CT molecular complexity index is 873. The summed E-state index contributed by atoms with van der Waals surface area (Å²) in [6, 6.07) is 13.2. The fourth-order valence-electron chi connectivity index (χ4n) is 2.55. The molecule has 0 saturated carbocycles. The highest BCUT2D eigenvalue weighted by Crippen LogP contribution is 2.29. The molecule has 26 heavy (non-hydrogen) atoms. The maximum atomic E-state index is 12.5. The second-order valence-corrected chi connectivity index (χ2v) is 8.53. The van der Waals surface area contributed by atoms with Crippen molar-refractivity contribution in [3.8, 4) is 0 Å². The Morgan fingerprint density at radius 2 is 1.77 bits per heavy atom. The molecule has 0 aliphatic rings. The smallest absolute Gasteiger partial charge is 0.243 e. The highest BCUT2D eigenvalue weighted by molar-refractivity contribution is 7.92. The third-order valence-electron chi connectivity index (χ3n) is 3.80. The van der Waals surface area contributed by atoms with Gasteiger partial charge >= 0.3 is 0 Å². The number of anilines is 1. The van der Waals surface area contributed by atoms with Crippen LogP contribution < -0.4 is 9.62 Å². The van der Waals surface area contributed by atoms with Crippen LogP contribution in [0.1, 0.15) is 12.5 Å². The second-order valence-electron chi connectivity index (χ2n) is 5.86. The molecular weight excluding hydrogens is 395 g/mol. The maximum Gasteiger partial charge on any atom is 0.243 e. The molecule has 0 fully saturated rings. The molecule has 0 aliphatic carbocycles. The predicted molar refractivity (Wildman–Crippen MR) is 106 cm³/mol. The van der Waals surface area contributed by atoms with E-state index in [2.05, 4.69) is 5.32 Å². The summed E-state index contributed by atoms with van der Waals surface area (Å²) in [6.45, 7) is 1.94. The Balaban J connectivity index is 2.12. The number of carbonyl (C=O) groups excluding carboxylic acids is 1. The normalized spacial score (nSPS) is 12.5. The van der Waals surface area contributed by atoms with Gasteiger partial charge in [0.15, 0.2) is 0 Å². The standard InChI is InChI=1S/C18H20Cl2N2O3S/c1-13(18(23)21-11-10-14-6-4-3-5-7-14)22(26(2,24)25)15-8-9-16(19)17(20)12-15/h3-9,12-13H,10-11H2,1-2H3,(H,21,23)/t13-/m1/s1. The topological polar surface area (TPSA) is 66.5 Å². The van der Waals surface area contributed by atoms with Crippen LogP contribution in [0.15, 0.2) is 48.5 Å². The number of halogens is 2. The van der Waals surface area contributed by atoms with Gasteiger partial charge in [-0.05, 0) is 37.1 Å². The molecule has 2 aromatic carbocycles. The Morgan fingerprint density at radius 1 is 1.12 bits per heavy atom. The lowest BCUT2D eigenvalue weighted by Crippen LogP contribution is -2.48. The van der Waals surface area contributed by atoms with Gasteiger partial charge in [-0.2, -0.15) is 0 Å². The van der Waals surface area contributed by atoms with E-state index in [-0.39, 0.29) is 10.7 Å². The Labute approximate surface area is 164 Å². The van der Waals surface area contributed by atoms with E-state index in [0.29, 0.717) is 18.0 Å². The van der Waals surface area contributed by atoms with Crippen molar-refractivity contribution < 1.29 is 13.2 Å². The van der Waals surface area contributed by atoms with Gasteiger partial charge in [-0.3, -0.25) is 9.10 Å². The summed E-state index contributed by atoms with van der Waals surface area (Å²) >= 11 is 11.9. The minimum atomic E-state index is -3.70. The van der Waals surface area contributed by atoms with E-state index >= 15 is 0 Å². The molecule has 0 bridgehead atoms. The van der Waals surface area contributed by atoms with Gasteiger partial charge in [-0.15, -0.1) is 0 Å². The summed E-state index contributed by atoms with van der Waals surface area (Å²) in [5.74, 6) is -0.391. The Kier molecular flexibility index (Phi) is 6.92. The Hall–Kier alpha value is -1.76. The van der Waals surface area contributed by atoms with Gasteiger partial charge in [-0.25, -0.2) is 8.42 Å². The van der Waals surface area contributed by atoms with Crippen molar-refractivity contribution in [2.24, 2.45) is 0 Å². The average Bonchev–Trinajstić information content (AvgIpc) is 2.58. The zero-order valence-corrected chi connectivity index (χ0v) is 16.8. The van der Waals surface area contributed by atoms with Crippen molar-refractivity contribution in [1.82, 2.24) is 5.32 Å². The fourth-order valence-corrected chi connectivity index (χ4v) is 4.01. The molecule has 2 rings (SSSR count). The largest absolute Gasteiger partial charge is 0.354 e. The molecule has 0 radical (unpaired) electrons. The monoisotopic (exact) mass is 414 g/mol. The first kappa shape index (κ1) is 20.6. The van der Waals surface area contributed by atoms with Crippen LogP contribution in [-0.4, -0.2) is 33.2 Å². The highest BCUT2D eigenvalue weighted by atomic mass is 35.5. The van der Waals surface area contributed by atoms with Crippen LogP contribution in [0.4, 0.5) is 5.69 Å². The maximum absolute atomic E-state index is 12.5. The number of sulfonamides is 1. The molecule has 8 heteroatoms. The van der Waals surface area contributed by atoms with Crippen molar-refractivity contribution in [2.75, 3.05) is 17.1 Å². The van der Waals surface area contributed by atoms with Gasteiger partial charge in [0.25, 0.3) is 0 Å². The molecule has 0 spiro atoms. The summed E-state index contributed by atoms with van der Waals surface area (Å²) in [5.41, 5.74) is 1.37. The molecule has 0 saturated heterocycles. The number of nitrogens with zero attached hydrogens (tertiary/aromatic N) is 1. The van der Waals surface area contributed by atoms with Gasteiger partial charge in [0.2, 0.25) is 15.9 Å². The van der Waals surface area contributed by atoms with Crippen LogP contribution in [0.5, 0.6) is 0 Å². The van der Waals surface area contributed by atoms with E-state index in [9.17, 15) is 13.2 Å².